The van der Waals surface area contributed by atoms with E-state index in [1.165, 1.54) is 0 Å². The summed E-state index contributed by atoms with van der Waals surface area (Å²) in [5.74, 6) is 1.35. The lowest BCUT2D eigenvalue weighted by atomic mass is 9.91. The molecule has 2 atom stereocenters. The van der Waals surface area contributed by atoms with E-state index in [0.29, 0.717) is 16.8 Å². The summed E-state index contributed by atoms with van der Waals surface area (Å²) in [5.41, 5.74) is 6.90. The van der Waals surface area contributed by atoms with Gasteiger partial charge in [0.05, 0.1) is 24.9 Å². The maximum atomic E-state index is 6.16. The molecule has 1 aromatic carbocycles. The Kier molecular flexibility index (Phi) is 4.77. The smallest absolute Gasteiger partial charge is 0.145 e. The van der Waals surface area contributed by atoms with Crippen molar-refractivity contribution in [2.45, 2.75) is 37.8 Å². The van der Waals surface area contributed by atoms with Crippen LogP contribution in [0.2, 0.25) is 5.02 Å². The normalized spacial score (nSPS) is 22.9. The average Bonchev–Trinajstić information content (AvgIpc) is 2.39. The van der Waals surface area contributed by atoms with E-state index in [4.69, 9.17) is 26.8 Å². The second kappa shape index (κ2) is 6.35. The highest BCUT2D eigenvalue weighted by molar-refractivity contribution is 6.32. The Hall–Kier alpha value is -1.13. The van der Waals surface area contributed by atoms with Crippen LogP contribution in [0.1, 0.15) is 25.7 Å². The fourth-order valence-electron chi connectivity index (χ4n) is 2.55. The Morgan fingerprint density at radius 2 is 1.95 bits per heavy atom. The summed E-state index contributed by atoms with van der Waals surface area (Å²) in [4.78, 5) is 0. The second-order valence-corrected chi connectivity index (χ2v) is 5.36. The first-order valence-electron chi connectivity index (χ1n) is 6.57. The van der Waals surface area contributed by atoms with Crippen LogP contribution in [0.25, 0.3) is 0 Å². The maximum absolute atomic E-state index is 6.16. The largest absolute Gasteiger partial charge is 0.495 e. The molecule has 1 aliphatic rings. The van der Waals surface area contributed by atoms with Gasteiger partial charge in [-0.15, -0.1) is 0 Å². The molecule has 0 saturated heterocycles. The van der Waals surface area contributed by atoms with E-state index in [0.717, 1.165) is 37.1 Å². The summed E-state index contributed by atoms with van der Waals surface area (Å²) in [6.45, 7) is 0. The standard InChI is InChI=1S/C14H21ClN2O2/c1-18-13-8-14(19-2)12(7-11(13)15)17-10-5-3-4-9(16)6-10/h7-10,17H,3-6,16H2,1-2H3. The highest BCUT2D eigenvalue weighted by Crippen LogP contribution is 2.37. The molecular formula is C14H21ClN2O2. The van der Waals surface area contributed by atoms with Crippen molar-refractivity contribution in [2.24, 2.45) is 5.73 Å². The number of methoxy groups -OCH3 is 2. The van der Waals surface area contributed by atoms with Crippen molar-refractivity contribution in [3.8, 4) is 11.5 Å². The summed E-state index contributed by atoms with van der Waals surface area (Å²) in [7, 11) is 3.23. The molecule has 1 saturated carbocycles. The molecule has 0 heterocycles. The Morgan fingerprint density at radius 1 is 1.21 bits per heavy atom. The Bertz CT molecular complexity index is 440. The zero-order valence-corrected chi connectivity index (χ0v) is 12.2. The molecule has 3 N–H and O–H groups in total. The molecule has 106 valence electrons. The third kappa shape index (κ3) is 3.45. The Balaban J connectivity index is 2.16. The van der Waals surface area contributed by atoms with Crippen LogP contribution in [-0.2, 0) is 0 Å². The fourth-order valence-corrected chi connectivity index (χ4v) is 2.79. The number of nitrogens with two attached hydrogens (primary N) is 1. The Labute approximate surface area is 119 Å². The molecule has 19 heavy (non-hydrogen) atoms. The quantitative estimate of drug-likeness (QED) is 0.892. The van der Waals surface area contributed by atoms with Crippen LogP contribution < -0.4 is 20.5 Å². The summed E-state index contributed by atoms with van der Waals surface area (Å²) < 4.78 is 10.6. The number of nitrogens with one attached hydrogen (secondary N) is 1. The molecule has 0 spiro atoms. The van der Waals surface area contributed by atoms with Gasteiger partial charge in [-0.25, -0.2) is 0 Å². The molecule has 1 fully saturated rings. The topological polar surface area (TPSA) is 56.5 Å². The number of ether oxygens (including phenoxy) is 2. The fraction of sp³-hybridized carbons (Fsp3) is 0.571. The van der Waals surface area contributed by atoms with Crippen molar-refractivity contribution in [3.63, 3.8) is 0 Å². The first kappa shape index (κ1) is 14.3. The van der Waals surface area contributed by atoms with Crippen LogP contribution in [0.3, 0.4) is 0 Å². The molecule has 0 radical (unpaired) electrons. The van der Waals surface area contributed by atoms with Crippen LogP contribution in [0, 0.1) is 0 Å². The minimum Gasteiger partial charge on any atom is -0.495 e. The molecule has 0 aromatic heterocycles. The molecule has 5 heteroatoms. The van der Waals surface area contributed by atoms with Crippen molar-refractivity contribution < 1.29 is 9.47 Å². The second-order valence-electron chi connectivity index (χ2n) is 4.95. The van der Waals surface area contributed by atoms with E-state index in [2.05, 4.69) is 5.32 Å². The van der Waals surface area contributed by atoms with E-state index in [1.54, 1.807) is 20.3 Å². The molecule has 2 unspecified atom stereocenters. The van der Waals surface area contributed by atoms with Gasteiger partial charge in [0.25, 0.3) is 0 Å². The lowest BCUT2D eigenvalue weighted by molar-refractivity contribution is 0.390. The lowest BCUT2D eigenvalue weighted by Crippen LogP contribution is -2.34. The molecule has 1 aliphatic carbocycles. The number of benzene rings is 1. The minimum absolute atomic E-state index is 0.283. The van der Waals surface area contributed by atoms with E-state index in [-0.39, 0.29) is 6.04 Å². The van der Waals surface area contributed by atoms with Gasteiger partial charge < -0.3 is 20.5 Å². The zero-order valence-electron chi connectivity index (χ0n) is 11.4. The van der Waals surface area contributed by atoms with Crippen LogP contribution in [0.5, 0.6) is 11.5 Å². The van der Waals surface area contributed by atoms with E-state index < -0.39 is 0 Å². The number of hydrogen-bond donors (Lipinski definition) is 2. The summed E-state index contributed by atoms with van der Waals surface area (Å²) in [6, 6.07) is 4.31. The monoisotopic (exact) mass is 284 g/mol. The van der Waals surface area contributed by atoms with Gasteiger partial charge in [-0.3, -0.25) is 0 Å². The number of halogens is 1. The van der Waals surface area contributed by atoms with Crippen molar-refractivity contribution in [3.05, 3.63) is 17.2 Å². The highest BCUT2D eigenvalue weighted by Gasteiger charge is 2.20. The third-order valence-electron chi connectivity index (χ3n) is 3.55. The Morgan fingerprint density at radius 3 is 2.58 bits per heavy atom. The molecule has 0 bridgehead atoms. The molecule has 2 rings (SSSR count). The number of hydrogen-bond acceptors (Lipinski definition) is 4. The van der Waals surface area contributed by atoms with Gasteiger partial charge >= 0.3 is 0 Å². The van der Waals surface area contributed by atoms with E-state index >= 15 is 0 Å². The van der Waals surface area contributed by atoms with Crippen molar-refractivity contribution in [1.82, 2.24) is 0 Å². The first-order chi connectivity index (χ1) is 9.13. The molecular weight excluding hydrogens is 264 g/mol. The molecule has 1 aromatic rings. The number of anilines is 1. The van der Waals surface area contributed by atoms with Crippen LogP contribution >= 0.6 is 11.6 Å². The van der Waals surface area contributed by atoms with Gasteiger partial charge in [-0.2, -0.15) is 0 Å². The van der Waals surface area contributed by atoms with E-state index in [9.17, 15) is 0 Å². The average molecular weight is 285 g/mol. The maximum Gasteiger partial charge on any atom is 0.145 e. The van der Waals surface area contributed by atoms with Crippen LogP contribution in [0.15, 0.2) is 12.1 Å². The van der Waals surface area contributed by atoms with Gasteiger partial charge in [-0.05, 0) is 31.7 Å². The van der Waals surface area contributed by atoms with Gasteiger partial charge in [0.2, 0.25) is 0 Å². The van der Waals surface area contributed by atoms with Crippen molar-refractivity contribution >= 4 is 17.3 Å². The SMILES string of the molecule is COc1cc(OC)c(NC2CCCC(N)C2)cc1Cl. The van der Waals surface area contributed by atoms with Gasteiger partial charge in [0.1, 0.15) is 11.5 Å². The third-order valence-corrected chi connectivity index (χ3v) is 3.84. The summed E-state index contributed by atoms with van der Waals surface area (Å²) >= 11 is 6.16. The predicted molar refractivity (Wildman–Crippen MR) is 78.4 cm³/mol. The van der Waals surface area contributed by atoms with Crippen molar-refractivity contribution in [2.75, 3.05) is 19.5 Å². The minimum atomic E-state index is 0.283. The van der Waals surface area contributed by atoms with Gasteiger partial charge in [0.15, 0.2) is 0 Å². The summed E-state index contributed by atoms with van der Waals surface area (Å²) in [5, 5.41) is 4.05. The van der Waals surface area contributed by atoms with Gasteiger partial charge in [0, 0.05) is 18.2 Å². The van der Waals surface area contributed by atoms with Crippen LogP contribution in [0.4, 0.5) is 5.69 Å². The van der Waals surface area contributed by atoms with E-state index in [1.807, 2.05) is 6.07 Å². The van der Waals surface area contributed by atoms with Crippen LogP contribution in [-0.4, -0.2) is 26.3 Å². The summed E-state index contributed by atoms with van der Waals surface area (Å²) in [6.07, 6.45) is 4.37. The highest BCUT2D eigenvalue weighted by atomic mass is 35.5. The zero-order chi connectivity index (χ0) is 13.8. The molecule has 0 amide bonds. The molecule has 4 nitrogen and oxygen atoms in total. The van der Waals surface area contributed by atoms with Crippen molar-refractivity contribution in [1.29, 1.82) is 0 Å². The predicted octanol–water partition coefficient (Wildman–Crippen LogP) is 3.04. The molecule has 0 aliphatic heterocycles. The number of rotatable bonds is 4. The van der Waals surface area contributed by atoms with Gasteiger partial charge in [-0.1, -0.05) is 11.6 Å². The first-order valence-corrected chi connectivity index (χ1v) is 6.95. The lowest BCUT2D eigenvalue weighted by Gasteiger charge is -2.29.